The van der Waals surface area contributed by atoms with Gasteiger partial charge in [-0.05, 0) is 47.7 Å². The van der Waals surface area contributed by atoms with Crippen molar-refractivity contribution >= 4 is 34.5 Å². The molecule has 0 saturated carbocycles. The molecule has 5 rings (SSSR count). The lowest BCUT2D eigenvalue weighted by Gasteiger charge is -2.36. The average molecular weight is 541 g/mol. The van der Waals surface area contributed by atoms with Gasteiger partial charge in [-0.25, -0.2) is 9.79 Å². The summed E-state index contributed by atoms with van der Waals surface area (Å²) >= 11 is 1.44. The Kier molecular flexibility index (Phi) is 8.07. The van der Waals surface area contributed by atoms with E-state index in [1.165, 1.54) is 11.8 Å². The zero-order valence-electron chi connectivity index (χ0n) is 21.7. The molecule has 0 spiro atoms. The molecular weight excluding hydrogens is 512 g/mol. The van der Waals surface area contributed by atoms with E-state index in [2.05, 4.69) is 10.3 Å². The summed E-state index contributed by atoms with van der Waals surface area (Å²) in [6.07, 6.45) is 3.52. The summed E-state index contributed by atoms with van der Waals surface area (Å²) in [5, 5.41) is 5.60. The Balaban J connectivity index is 1.53. The molecule has 1 N–H and O–H groups in total. The van der Waals surface area contributed by atoms with Gasteiger partial charge in [0.25, 0.3) is 0 Å². The SMILES string of the molecule is CCOC(=O)C1=C(c2ccccc2)N=C2SC=C(CC(=O)NCc3ccncc3)N2[C@@H]1c1ccc(OC)cc1. The second-order valence-corrected chi connectivity index (χ2v) is 9.66. The van der Waals surface area contributed by atoms with Crippen molar-refractivity contribution < 1.29 is 19.1 Å². The quantitative estimate of drug-likeness (QED) is 0.379. The molecule has 1 amide bonds. The highest BCUT2D eigenvalue weighted by atomic mass is 32.2. The number of thioether (sulfide) groups is 1. The Hall–Kier alpha value is -4.37. The number of hydrogen-bond donors (Lipinski definition) is 1. The molecule has 3 aromatic rings. The first-order chi connectivity index (χ1) is 19.1. The van der Waals surface area contributed by atoms with Crippen molar-refractivity contribution in [3.8, 4) is 5.75 Å². The Morgan fingerprint density at radius 2 is 1.77 bits per heavy atom. The van der Waals surface area contributed by atoms with Crippen molar-refractivity contribution in [1.29, 1.82) is 0 Å². The fourth-order valence-corrected chi connectivity index (χ4v) is 5.44. The van der Waals surface area contributed by atoms with Gasteiger partial charge in [0.1, 0.15) is 5.75 Å². The smallest absolute Gasteiger partial charge is 0.338 e. The lowest BCUT2D eigenvalue weighted by atomic mass is 9.91. The van der Waals surface area contributed by atoms with Crippen LogP contribution in [0.1, 0.15) is 36.1 Å². The topological polar surface area (TPSA) is 93.1 Å². The molecule has 0 bridgehead atoms. The summed E-state index contributed by atoms with van der Waals surface area (Å²) in [4.78, 5) is 37.5. The van der Waals surface area contributed by atoms with Gasteiger partial charge < -0.3 is 19.7 Å². The van der Waals surface area contributed by atoms with Crippen LogP contribution in [0.5, 0.6) is 5.75 Å². The minimum absolute atomic E-state index is 0.126. The number of nitrogens with one attached hydrogen (secondary N) is 1. The van der Waals surface area contributed by atoms with E-state index in [0.717, 1.165) is 22.4 Å². The van der Waals surface area contributed by atoms with Gasteiger partial charge in [-0.15, -0.1) is 0 Å². The normalized spacial score (nSPS) is 16.3. The van der Waals surface area contributed by atoms with Crippen molar-refractivity contribution in [3.63, 3.8) is 0 Å². The van der Waals surface area contributed by atoms with Crippen LogP contribution in [0.4, 0.5) is 0 Å². The van der Waals surface area contributed by atoms with E-state index < -0.39 is 12.0 Å². The van der Waals surface area contributed by atoms with Crippen LogP contribution in [0.3, 0.4) is 0 Å². The number of carbonyl (C=O) groups is 2. The van der Waals surface area contributed by atoms with Gasteiger partial charge in [0, 0.05) is 30.2 Å². The fourth-order valence-electron chi connectivity index (χ4n) is 4.52. The van der Waals surface area contributed by atoms with Crippen LogP contribution in [-0.4, -0.2) is 40.6 Å². The first kappa shape index (κ1) is 26.2. The molecule has 0 aliphatic carbocycles. The highest BCUT2D eigenvalue weighted by Gasteiger charge is 2.42. The summed E-state index contributed by atoms with van der Waals surface area (Å²) in [5.74, 6) is 0.123. The Bertz CT molecular complexity index is 1440. The van der Waals surface area contributed by atoms with Gasteiger partial charge in [0.15, 0.2) is 5.17 Å². The molecule has 8 nitrogen and oxygen atoms in total. The van der Waals surface area contributed by atoms with Crippen LogP contribution in [0.25, 0.3) is 5.70 Å². The number of benzene rings is 2. The number of fused-ring (bicyclic) bond motifs is 1. The van der Waals surface area contributed by atoms with E-state index in [-0.39, 0.29) is 18.9 Å². The minimum atomic E-state index is -0.549. The average Bonchev–Trinajstić information content (AvgIpc) is 3.38. The molecule has 0 radical (unpaired) electrons. The molecule has 2 aliphatic heterocycles. The fraction of sp³-hybridized carbons (Fsp3) is 0.200. The molecule has 3 heterocycles. The molecule has 0 unspecified atom stereocenters. The highest BCUT2D eigenvalue weighted by Crippen LogP contribution is 2.47. The second-order valence-electron chi connectivity index (χ2n) is 8.82. The molecular formula is C30H28N4O4S. The largest absolute Gasteiger partial charge is 0.497 e. The maximum Gasteiger partial charge on any atom is 0.338 e. The standard InChI is InChI=1S/C30H28N4O4S/c1-3-38-29(36)26-27(21-7-5-4-6-8-21)33-30-34(28(26)22-9-11-24(37-2)12-10-22)23(19-39-30)17-25(35)32-18-20-13-15-31-16-14-20/h4-16,19,28H,3,17-18H2,1-2H3,(H,32,35)/t28-/m1/s1. The van der Waals surface area contributed by atoms with E-state index in [1.54, 1.807) is 26.4 Å². The van der Waals surface area contributed by atoms with Crippen molar-refractivity contribution in [1.82, 2.24) is 15.2 Å². The molecule has 0 fully saturated rings. The van der Waals surface area contributed by atoms with Crippen molar-refractivity contribution in [2.24, 2.45) is 4.99 Å². The number of esters is 1. The molecule has 9 heteroatoms. The molecule has 198 valence electrons. The van der Waals surface area contributed by atoms with E-state index >= 15 is 0 Å². The molecule has 2 aliphatic rings. The van der Waals surface area contributed by atoms with Gasteiger partial charge in [0.2, 0.25) is 5.91 Å². The predicted molar refractivity (Wildman–Crippen MR) is 151 cm³/mol. The van der Waals surface area contributed by atoms with Crippen LogP contribution in [0.2, 0.25) is 0 Å². The Morgan fingerprint density at radius 1 is 1.03 bits per heavy atom. The van der Waals surface area contributed by atoms with Gasteiger partial charge >= 0.3 is 5.97 Å². The lowest BCUT2D eigenvalue weighted by Crippen LogP contribution is -2.38. The van der Waals surface area contributed by atoms with Crippen molar-refractivity contribution in [3.05, 3.63) is 112 Å². The van der Waals surface area contributed by atoms with Gasteiger partial charge in [0.05, 0.1) is 37.4 Å². The van der Waals surface area contributed by atoms with Crippen LogP contribution < -0.4 is 10.1 Å². The first-order valence-electron chi connectivity index (χ1n) is 12.6. The number of ether oxygens (including phenoxy) is 2. The zero-order valence-corrected chi connectivity index (χ0v) is 22.5. The number of aromatic nitrogens is 1. The van der Waals surface area contributed by atoms with E-state index in [4.69, 9.17) is 14.5 Å². The first-order valence-corrected chi connectivity index (χ1v) is 13.5. The van der Waals surface area contributed by atoms with E-state index in [1.807, 2.05) is 77.0 Å². The number of aliphatic imine (C=N–C) groups is 1. The van der Waals surface area contributed by atoms with Crippen LogP contribution in [0.15, 0.2) is 101 Å². The summed E-state index contributed by atoms with van der Waals surface area (Å²) in [5.41, 5.74) is 4.36. The Labute approximate surface area is 231 Å². The summed E-state index contributed by atoms with van der Waals surface area (Å²) in [7, 11) is 1.61. The maximum atomic E-state index is 13.6. The number of nitrogens with zero attached hydrogens (tertiary/aromatic N) is 3. The summed E-state index contributed by atoms with van der Waals surface area (Å²) in [6, 6.07) is 20.4. The number of rotatable bonds is 9. The lowest BCUT2D eigenvalue weighted by molar-refractivity contribution is -0.139. The van der Waals surface area contributed by atoms with E-state index in [9.17, 15) is 9.59 Å². The molecule has 1 aromatic heterocycles. The van der Waals surface area contributed by atoms with Crippen molar-refractivity contribution in [2.45, 2.75) is 25.9 Å². The molecule has 0 saturated heterocycles. The molecule has 39 heavy (non-hydrogen) atoms. The number of amides is 1. The highest BCUT2D eigenvalue weighted by molar-refractivity contribution is 8.16. The number of pyridine rings is 1. The maximum absolute atomic E-state index is 13.6. The molecule has 1 atom stereocenters. The van der Waals surface area contributed by atoms with Crippen LogP contribution in [-0.2, 0) is 20.9 Å². The zero-order chi connectivity index (χ0) is 27.2. The van der Waals surface area contributed by atoms with Crippen LogP contribution in [0, 0.1) is 0 Å². The van der Waals surface area contributed by atoms with Crippen LogP contribution >= 0.6 is 11.8 Å². The summed E-state index contributed by atoms with van der Waals surface area (Å²) < 4.78 is 10.9. The van der Waals surface area contributed by atoms with E-state index in [0.29, 0.717) is 28.7 Å². The summed E-state index contributed by atoms with van der Waals surface area (Å²) in [6.45, 7) is 2.41. The predicted octanol–water partition coefficient (Wildman–Crippen LogP) is 5.07. The monoisotopic (exact) mass is 540 g/mol. The number of amidine groups is 1. The number of methoxy groups -OCH3 is 1. The second kappa shape index (κ2) is 12.0. The molecule has 2 aromatic carbocycles. The van der Waals surface area contributed by atoms with Gasteiger partial charge in [-0.2, -0.15) is 0 Å². The third-order valence-electron chi connectivity index (χ3n) is 6.36. The minimum Gasteiger partial charge on any atom is -0.497 e. The van der Waals surface area contributed by atoms with Gasteiger partial charge in [-0.3, -0.25) is 9.78 Å². The van der Waals surface area contributed by atoms with Gasteiger partial charge in [-0.1, -0.05) is 54.2 Å². The third-order valence-corrected chi connectivity index (χ3v) is 7.25. The number of carbonyl (C=O) groups excluding carboxylic acids is 2. The Morgan fingerprint density at radius 3 is 2.46 bits per heavy atom. The number of hydrogen-bond acceptors (Lipinski definition) is 8. The van der Waals surface area contributed by atoms with Crippen molar-refractivity contribution in [2.75, 3.05) is 13.7 Å². The third kappa shape index (κ3) is 5.73.